The number of ether oxygens (including phenoxy) is 1. The van der Waals surface area contributed by atoms with Gasteiger partial charge in [0.2, 0.25) is 5.95 Å². The first-order valence-corrected chi connectivity index (χ1v) is 14.0. The summed E-state index contributed by atoms with van der Waals surface area (Å²) in [5.74, 6) is -1.75. The van der Waals surface area contributed by atoms with Crippen LogP contribution in [0.5, 0.6) is 0 Å². The minimum atomic E-state index is -4.78. The Morgan fingerprint density at radius 2 is 1.76 bits per heavy atom. The summed E-state index contributed by atoms with van der Waals surface area (Å²) >= 11 is 0. The summed E-state index contributed by atoms with van der Waals surface area (Å²) in [6.45, 7) is 4.97. The van der Waals surface area contributed by atoms with Crippen molar-refractivity contribution in [3.8, 4) is 0 Å². The zero-order chi connectivity index (χ0) is 29.7. The predicted octanol–water partition coefficient (Wildman–Crippen LogP) is 6.24. The first kappa shape index (κ1) is 30.2. The zero-order valence-electron chi connectivity index (χ0n) is 22.8. The van der Waals surface area contributed by atoms with E-state index in [0.717, 1.165) is 5.56 Å². The molecule has 0 saturated carbocycles. The van der Waals surface area contributed by atoms with Crippen LogP contribution < -0.4 is 10.6 Å². The molecule has 0 spiro atoms. The van der Waals surface area contributed by atoms with Gasteiger partial charge in [-0.25, -0.2) is 9.78 Å². The van der Waals surface area contributed by atoms with E-state index in [-0.39, 0.29) is 29.3 Å². The molecule has 0 atom stereocenters. The summed E-state index contributed by atoms with van der Waals surface area (Å²) in [6, 6.07) is 9.97. The summed E-state index contributed by atoms with van der Waals surface area (Å²) in [5.41, 5.74) is 1.06. The number of anilines is 4. The highest BCUT2D eigenvalue weighted by Gasteiger charge is 2.37. The Labute approximate surface area is 236 Å². The molecule has 1 amide bonds. The molecule has 1 aliphatic rings. The highest BCUT2D eigenvalue weighted by atomic mass is 31.2. The Kier molecular flexibility index (Phi) is 9.42. The number of carbonyl (C=O) groups excluding carboxylic acids is 2. The second-order valence-electron chi connectivity index (χ2n) is 8.89. The van der Waals surface area contributed by atoms with E-state index in [9.17, 15) is 22.8 Å². The third-order valence-electron chi connectivity index (χ3n) is 6.09. The van der Waals surface area contributed by atoms with E-state index in [2.05, 4.69) is 20.6 Å². The van der Waals surface area contributed by atoms with Crippen LogP contribution in [0.3, 0.4) is 0 Å². The van der Waals surface area contributed by atoms with E-state index in [1.165, 1.54) is 31.2 Å². The molecule has 0 radical (unpaired) electrons. The second-order valence-corrected chi connectivity index (χ2v) is 10.4. The number of nitrogens with zero attached hydrogens (tertiary/aromatic N) is 3. The standard InChI is InChI=1S/C27H29F3N5O5P/c1-5-39-41(40-6-2)15-16-7-9-17(10-8-16)32-26-31-13-20(27(28,29)30)23(34-26)33-21-12-11-18(25(37)38-4)19-14-35(3)24(36)22(19)21/h7-13H,5-6,14-15H2,1-4H3,(H2,31,32,33,34). The fourth-order valence-corrected chi connectivity index (χ4v) is 5.56. The number of methoxy groups -OCH3 is 1. The van der Waals surface area contributed by atoms with Crippen LogP contribution in [0.2, 0.25) is 0 Å². The molecule has 4 rings (SSSR count). The van der Waals surface area contributed by atoms with Gasteiger partial charge in [0.1, 0.15) is 11.4 Å². The van der Waals surface area contributed by atoms with Gasteiger partial charge < -0.3 is 29.3 Å². The van der Waals surface area contributed by atoms with Gasteiger partial charge >= 0.3 is 12.1 Å². The average molecular weight is 592 g/mol. The Bertz CT molecular complexity index is 1420. The highest BCUT2D eigenvalue weighted by Crippen LogP contribution is 2.42. The first-order chi connectivity index (χ1) is 19.5. The number of nitrogens with one attached hydrogen (secondary N) is 2. The number of rotatable bonds is 11. The van der Waals surface area contributed by atoms with Gasteiger partial charge in [-0.15, -0.1) is 0 Å². The molecule has 0 fully saturated rings. The molecule has 10 nitrogen and oxygen atoms in total. The van der Waals surface area contributed by atoms with Crippen LogP contribution in [0.1, 0.15) is 51.3 Å². The molecule has 3 aromatic rings. The maximum absolute atomic E-state index is 13.9. The van der Waals surface area contributed by atoms with Gasteiger partial charge in [0.25, 0.3) is 5.91 Å². The molecular weight excluding hydrogens is 562 g/mol. The van der Waals surface area contributed by atoms with Gasteiger partial charge in [0, 0.05) is 37.2 Å². The lowest BCUT2D eigenvalue weighted by Gasteiger charge is -2.17. The maximum Gasteiger partial charge on any atom is 0.421 e. The molecule has 2 aromatic carbocycles. The van der Waals surface area contributed by atoms with Gasteiger partial charge in [-0.3, -0.25) is 4.79 Å². The van der Waals surface area contributed by atoms with E-state index in [1.54, 1.807) is 12.1 Å². The highest BCUT2D eigenvalue weighted by molar-refractivity contribution is 7.46. The van der Waals surface area contributed by atoms with E-state index in [4.69, 9.17) is 13.8 Å². The van der Waals surface area contributed by atoms with Crippen molar-refractivity contribution in [1.82, 2.24) is 14.9 Å². The number of aromatic nitrogens is 2. The molecule has 0 aliphatic carbocycles. The van der Waals surface area contributed by atoms with E-state index < -0.39 is 37.8 Å². The number of halogens is 3. The third kappa shape index (κ3) is 6.92. The molecule has 2 N–H and O–H groups in total. The zero-order valence-corrected chi connectivity index (χ0v) is 23.7. The fourth-order valence-electron chi connectivity index (χ4n) is 4.22. The Morgan fingerprint density at radius 1 is 1.07 bits per heavy atom. The number of esters is 1. The third-order valence-corrected chi connectivity index (χ3v) is 7.80. The van der Waals surface area contributed by atoms with Crippen LogP contribution in [0.25, 0.3) is 0 Å². The van der Waals surface area contributed by atoms with Crippen LogP contribution >= 0.6 is 8.38 Å². The van der Waals surface area contributed by atoms with Crippen molar-refractivity contribution < 1.29 is 36.5 Å². The summed E-state index contributed by atoms with van der Waals surface area (Å²) < 4.78 is 57.8. The minimum Gasteiger partial charge on any atom is -0.465 e. The monoisotopic (exact) mass is 591 g/mol. The van der Waals surface area contributed by atoms with Crippen LogP contribution in [-0.2, 0) is 32.7 Å². The topological polar surface area (TPSA) is 115 Å². The first-order valence-electron chi connectivity index (χ1n) is 12.7. The van der Waals surface area contributed by atoms with Crippen molar-refractivity contribution in [3.63, 3.8) is 0 Å². The van der Waals surface area contributed by atoms with Crippen LogP contribution in [0, 0.1) is 0 Å². The lowest BCUT2D eigenvalue weighted by atomic mass is 10.0. The molecule has 1 aliphatic heterocycles. The minimum absolute atomic E-state index is 0.0709. The second kappa shape index (κ2) is 12.8. The maximum atomic E-state index is 13.9. The molecule has 14 heteroatoms. The molecular formula is C27H29F3N5O5P. The SMILES string of the molecule is CCOP(Cc1ccc(Nc2ncc(C(F)(F)F)c(Nc3ccc(C(=O)OC)c4c3C(=O)N(C)C4)n2)cc1)OCC. The van der Waals surface area contributed by atoms with Crippen molar-refractivity contribution in [1.29, 1.82) is 0 Å². The van der Waals surface area contributed by atoms with Crippen molar-refractivity contribution in [2.75, 3.05) is 38.0 Å². The lowest BCUT2D eigenvalue weighted by molar-refractivity contribution is -0.137. The Balaban J connectivity index is 1.62. The predicted molar refractivity (Wildman–Crippen MR) is 147 cm³/mol. The Hall–Kier alpha value is -3.80. The van der Waals surface area contributed by atoms with E-state index in [1.807, 2.05) is 26.0 Å². The smallest absolute Gasteiger partial charge is 0.421 e. The van der Waals surface area contributed by atoms with Crippen molar-refractivity contribution in [2.45, 2.75) is 32.7 Å². The lowest BCUT2D eigenvalue weighted by Crippen LogP contribution is -2.18. The van der Waals surface area contributed by atoms with Gasteiger partial charge in [-0.2, -0.15) is 18.2 Å². The summed E-state index contributed by atoms with van der Waals surface area (Å²) in [5, 5.41) is 5.58. The molecule has 0 saturated heterocycles. The van der Waals surface area contributed by atoms with Crippen LogP contribution in [0.15, 0.2) is 42.6 Å². The number of hydrogen-bond acceptors (Lipinski definition) is 9. The van der Waals surface area contributed by atoms with Crippen LogP contribution in [-0.4, -0.2) is 54.1 Å². The van der Waals surface area contributed by atoms with Gasteiger partial charge in [0.05, 0.1) is 37.1 Å². The number of hydrogen-bond donors (Lipinski definition) is 2. The summed E-state index contributed by atoms with van der Waals surface area (Å²) in [6.07, 6.45) is -3.52. The quantitative estimate of drug-likeness (QED) is 0.198. The van der Waals surface area contributed by atoms with Gasteiger partial charge in [0.15, 0.2) is 8.38 Å². The summed E-state index contributed by atoms with van der Waals surface area (Å²) in [4.78, 5) is 34.4. The van der Waals surface area contributed by atoms with E-state index >= 15 is 0 Å². The molecule has 41 heavy (non-hydrogen) atoms. The number of carbonyl (C=O) groups is 2. The van der Waals surface area contributed by atoms with Crippen molar-refractivity contribution in [3.05, 3.63) is 70.4 Å². The van der Waals surface area contributed by atoms with Gasteiger partial charge in [-0.05, 0) is 43.7 Å². The molecule has 218 valence electrons. The fraction of sp³-hybridized carbons (Fsp3) is 0.333. The number of amides is 1. The largest absolute Gasteiger partial charge is 0.465 e. The molecule has 1 aromatic heterocycles. The molecule has 0 unspecified atom stereocenters. The van der Waals surface area contributed by atoms with Crippen molar-refractivity contribution >= 4 is 43.4 Å². The van der Waals surface area contributed by atoms with E-state index in [0.29, 0.717) is 36.8 Å². The molecule has 2 heterocycles. The number of benzene rings is 2. The normalized spacial score (nSPS) is 13.0. The summed E-state index contributed by atoms with van der Waals surface area (Å²) in [7, 11) is 1.67. The average Bonchev–Trinajstić information content (AvgIpc) is 3.23. The number of alkyl halides is 3. The molecule has 0 bridgehead atoms. The number of fused-ring (bicyclic) bond motifs is 1. The van der Waals surface area contributed by atoms with Crippen molar-refractivity contribution in [2.24, 2.45) is 0 Å². The van der Waals surface area contributed by atoms with Gasteiger partial charge in [-0.1, -0.05) is 12.1 Å². The Morgan fingerprint density at radius 3 is 2.37 bits per heavy atom. The van der Waals surface area contributed by atoms with Crippen LogP contribution in [0.4, 0.5) is 36.3 Å².